The Kier molecular flexibility index (Phi) is 36.4. The van der Waals surface area contributed by atoms with Crippen molar-refractivity contribution in [2.45, 2.75) is 257 Å². The van der Waals surface area contributed by atoms with Crippen molar-refractivity contribution in [3.8, 4) is 47.4 Å². The van der Waals surface area contributed by atoms with Crippen LogP contribution in [0.3, 0.4) is 0 Å². The summed E-state index contributed by atoms with van der Waals surface area (Å²) in [6.45, 7) is 16.4. The van der Waals surface area contributed by atoms with Crippen LogP contribution in [0, 0.1) is 89.8 Å². The van der Waals surface area contributed by atoms with Crippen LogP contribution in [-0.4, -0.2) is 72.2 Å². The van der Waals surface area contributed by atoms with Crippen molar-refractivity contribution in [2.24, 2.45) is 35.5 Å². The topological polar surface area (TPSA) is 161 Å². The summed E-state index contributed by atoms with van der Waals surface area (Å²) in [4.78, 5) is 68.1. The fourth-order valence-electron chi connectivity index (χ4n) is 15.8. The fourth-order valence-corrected chi connectivity index (χ4v) is 15.8. The summed E-state index contributed by atoms with van der Waals surface area (Å²) in [5.41, 5.74) is 5.57. The molecule has 4 aliphatic rings. The molecule has 0 bridgehead atoms. The average Bonchev–Trinajstić information content (AvgIpc) is 0.806. The van der Waals surface area contributed by atoms with Crippen LogP contribution in [0.2, 0.25) is 0 Å². The van der Waals surface area contributed by atoms with Gasteiger partial charge in [-0.25, -0.2) is 28.9 Å². The molecule has 4 fully saturated rings. The van der Waals surface area contributed by atoms with Gasteiger partial charge in [-0.05, 0) is 286 Å². The van der Waals surface area contributed by atoms with E-state index in [4.69, 9.17) is 28.9 Å². The summed E-state index contributed by atoms with van der Waals surface area (Å²) in [7, 11) is 0. The lowest BCUT2D eigenvalue weighted by molar-refractivity contribution is -0.267. The first-order chi connectivity index (χ1) is 52.6. The van der Waals surface area contributed by atoms with Gasteiger partial charge in [-0.15, -0.1) is 12.5 Å². The van der Waals surface area contributed by atoms with Crippen LogP contribution in [0.4, 0.5) is 0 Å². The molecule has 0 aromatic heterocycles. The van der Waals surface area contributed by atoms with Crippen molar-refractivity contribution < 1.29 is 57.8 Å². The molecule has 0 radical (unpaired) electrons. The van der Waals surface area contributed by atoms with Gasteiger partial charge in [0, 0.05) is 33.9 Å². The first-order valence-electron chi connectivity index (χ1n) is 40.6. The Morgan fingerprint density at radius 3 is 1.13 bits per heavy atom. The van der Waals surface area contributed by atoms with Gasteiger partial charge < -0.3 is 23.7 Å². The van der Waals surface area contributed by atoms with Crippen molar-refractivity contribution in [3.05, 3.63) is 202 Å². The molecule has 108 heavy (non-hydrogen) atoms. The van der Waals surface area contributed by atoms with E-state index in [1.807, 2.05) is 67.6 Å². The summed E-state index contributed by atoms with van der Waals surface area (Å²) >= 11 is 0. The van der Waals surface area contributed by atoms with Crippen molar-refractivity contribution in [2.75, 3.05) is 19.8 Å². The van der Waals surface area contributed by atoms with Gasteiger partial charge in [0.25, 0.3) is 0 Å². The number of unbranched alkanes of at least 4 members (excludes halogenated alkanes) is 10. The molecule has 9 rings (SSSR count). The van der Waals surface area contributed by atoms with E-state index in [0.29, 0.717) is 79.6 Å². The zero-order valence-corrected chi connectivity index (χ0v) is 65.1. The van der Waals surface area contributed by atoms with Crippen molar-refractivity contribution in [3.63, 3.8) is 0 Å². The van der Waals surface area contributed by atoms with Crippen molar-refractivity contribution in [1.82, 2.24) is 0 Å². The Balaban J connectivity index is 0.000000274. The Hall–Kier alpha value is -8.91. The molecule has 0 saturated heterocycles. The quantitative estimate of drug-likeness (QED) is 0.00620. The molecule has 1 unspecified atom stereocenters. The molecule has 1 atom stereocenters. The number of esters is 5. The second-order valence-electron chi connectivity index (χ2n) is 30.4. The van der Waals surface area contributed by atoms with Gasteiger partial charge in [-0.1, -0.05) is 170 Å². The number of ether oxygens (including phenoxy) is 5. The standard InChI is InChI=1S/C51H62O6.C45H56O6/c1-4-6-9-12-40-24-26-44(27-25-40)45-33-36-51(37-34-45,35-32-43-22-20-42(21-23-43)19-18-41-16-14-39(3)15-17-41)56-50(53)47-30-28-46(29-31-47)49(52)55-38-11-8-7-10-13-48(5-2)57-54;1-4-7-10-14-36-19-21-38(22-20-36)39-28-31-45(32-29-39,30-27-37-17-15-35(13-5-2)16-18-37)51-44(48)41-25-23-40(24-26-41)43(47)50-34-12-9-8-11-33-49-42(46)6-3/h5,14-17,20-23,28-31,40,44-45,48,54H,2,4,6-13,24-27,33-34,36-38H2,1,3H3;6,15-18,23-26,36,38-39H,3-4,7-12,14,19-22,28-29,31-34H2,1-2H3. The van der Waals surface area contributed by atoms with E-state index in [1.165, 1.54) is 108 Å². The number of hydrogen-bond acceptors (Lipinski definition) is 12. The Labute approximate surface area is 646 Å². The van der Waals surface area contributed by atoms with E-state index in [9.17, 15) is 24.0 Å². The van der Waals surface area contributed by atoms with E-state index >= 15 is 0 Å². The van der Waals surface area contributed by atoms with Crippen LogP contribution in [0.25, 0.3) is 0 Å². The van der Waals surface area contributed by atoms with Crippen LogP contribution < -0.4 is 0 Å². The lowest BCUT2D eigenvalue weighted by Crippen LogP contribution is -2.39. The molecule has 12 nitrogen and oxygen atoms in total. The van der Waals surface area contributed by atoms with Crippen LogP contribution in [0.1, 0.15) is 307 Å². The molecule has 0 heterocycles. The molecule has 574 valence electrons. The summed E-state index contributed by atoms with van der Waals surface area (Å²) < 4.78 is 28.6. The Morgan fingerprint density at radius 1 is 0.426 bits per heavy atom. The molecule has 4 aliphatic carbocycles. The zero-order valence-electron chi connectivity index (χ0n) is 65.1. The first kappa shape index (κ1) is 84.7. The molecule has 5 aromatic carbocycles. The van der Waals surface area contributed by atoms with Crippen LogP contribution in [-0.2, 0) is 33.4 Å². The van der Waals surface area contributed by atoms with Crippen LogP contribution in [0.5, 0.6) is 0 Å². The number of hydrogen-bond donors (Lipinski definition) is 1. The molecule has 1 N–H and O–H groups in total. The Morgan fingerprint density at radius 2 is 0.769 bits per heavy atom. The second-order valence-corrected chi connectivity index (χ2v) is 30.4. The molecule has 0 aliphatic heterocycles. The number of carbonyl (C=O) groups is 5. The molecule has 0 amide bonds. The maximum atomic E-state index is 13.7. The normalized spacial score (nSPS) is 21.0. The van der Waals surface area contributed by atoms with E-state index in [0.717, 1.165) is 141 Å². The van der Waals surface area contributed by atoms with E-state index < -0.39 is 41.0 Å². The number of aryl methyl sites for hydroxylation is 1. The lowest BCUT2D eigenvalue weighted by atomic mass is 9.67. The maximum Gasteiger partial charge on any atom is 0.339 e. The summed E-state index contributed by atoms with van der Waals surface area (Å²) in [6.07, 6.45) is 38.0. The van der Waals surface area contributed by atoms with Crippen LogP contribution in [0.15, 0.2) is 147 Å². The van der Waals surface area contributed by atoms with Crippen molar-refractivity contribution >= 4 is 29.8 Å². The van der Waals surface area contributed by atoms with Gasteiger partial charge in [0.05, 0.1) is 42.1 Å². The first-order valence-corrected chi connectivity index (χ1v) is 40.6. The third kappa shape index (κ3) is 28.9. The third-order valence-corrected chi connectivity index (χ3v) is 22.5. The highest BCUT2D eigenvalue weighted by molar-refractivity contribution is 5.94. The maximum absolute atomic E-state index is 13.7. The predicted molar refractivity (Wildman–Crippen MR) is 430 cm³/mol. The van der Waals surface area contributed by atoms with Crippen molar-refractivity contribution in [1.29, 1.82) is 0 Å². The fraction of sp³-hybridized carbons (Fsp3) is 0.510. The monoisotopic (exact) mass is 1460 g/mol. The SMILES string of the molecule is C=CC(=O)OCCCCCCOC(=O)c1ccc(C(=O)OC2(C#Cc3ccc(C#CC)cc3)CCC(C3CCC(CCCCC)CC3)CC2)cc1.C=CC(CCCCCCOC(=O)c1ccc(C(=O)OC2(C#Cc3ccc(C#Cc4ccc(C)cc4)cc3)CCC(C3CCC(CCCCC)CC3)CC2)cc1)OO. The molecular weight excluding hydrogens is 1350 g/mol. The highest BCUT2D eigenvalue weighted by Gasteiger charge is 2.42. The van der Waals surface area contributed by atoms with E-state index in [1.54, 1.807) is 54.6 Å². The van der Waals surface area contributed by atoms with Gasteiger partial charge in [-0.3, -0.25) is 5.26 Å². The summed E-state index contributed by atoms with van der Waals surface area (Å²) in [5, 5.41) is 8.79. The largest absolute Gasteiger partial charge is 0.463 e. The minimum atomic E-state index is -0.885. The zero-order chi connectivity index (χ0) is 76.6. The smallest absolute Gasteiger partial charge is 0.339 e. The minimum absolute atomic E-state index is 0.298. The highest BCUT2D eigenvalue weighted by atomic mass is 17.1. The molecule has 5 aromatic rings. The number of benzene rings is 5. The van der Waals surface area contributed by atoms with Crippen LogP contribution >= 0.6 is 0 Å². The average molecular weight is 1460 g/mol. The number of rotatable bonds is 33. The van der Waals surface area contributed by atoms with E-state index in [2.05, 4.69) is 98.3 Å². The van der Waals surface area contributed by atoms with Gasteiger partial charge >= 0.3 is 29.8 Å². The number of carbonyl (C=O) groups excluding carboxylic acids is 5. The van der Waals surface area contributed by atoms with Gasteiger partial charge in [-0.2, -0.15) is 0 Å². The second kappa shape index (κ2) is 46.4. The third-order valence-electron chi connectivity index (χ3n) is 22.5. The van der Waals surface area contributed by atoms with E-state index in [-0.39, 0.29) is 6.10 Å². The molecular formula is C96H118O12. The summed E-state index contributed by atoms with van der Waals surface area (Å²) in [6, 6.07) is 37.0. The summed E-state index contributed by atoms with van der Waals surface area (Å²) in [5.74, 6) is 28.4. The predicted octanol–water partition coefficient (Wildman–Crippen LogP) is 22.1. The van der Waals surface area contributed by atoms with Gasteiger partial charge in [0.1, 0.15) is 6.10 Å². The Bertz CT molecular complexity index is 3860. The van der Waals surface area contributed by atoms with Gasteiger partial charge in [0.15, 0.2) is 11.2 Å². The molecule has 12 heteroatoms. The molecule has 4 saturated carbocycles. The lowest BCUT2D eigenvalue weighted by Gasteiger charge is -2.41. The molecule has 0 spiro atoms. The van der Waals surface area contributed by atoms with Gasteiger partial charge in [0.2, 0.25) is 0 Å². The highest BCUT2D eigenvalue weighted by Crippen LogP contribution is 2.47. The minimum Gasteiger partial charge on any atom is -0.463 e.